The van der Waals surface area contributed by atoms with Crippen LogP contribution in [-0.2, 0) is 4.79 Å². The predicted molar refractivity (Wildman–Crippen MR) is 81.2 cm³/mol. The van der Waals surface area contributed by atoms with Gasteiger partial charge in [-0.3, -0.25) is 4.79 Å². The van der Waals surface area contributed by atoms with Crippen molar-refractivity contribution in [3.8, 4) is 11.5 Å². The molecule has 0 bridgehead atoms. The van der Waals surface area contributed by atoms with Crippen molar-refractivity contribution >= 4 is 5.91 Å². The van der Waals surface area contributed by atoms with E-state index < -0.39 is 11.4 Å². The molecule has 0 aliphatic heterocycles. The molecule has 2 rings (SSSR count). The zero-order chi connectivity index (χ0) is 15.3. The van der Waals surface area contributed by atoms with Gasteiger partial charge in [0, 0.05) is 0 Å². The van der Waals surface area contributed by atoms with Gasteiger partial charge in [0.15, 0.2) is 11.5 Å². The van der Waals surface area contributed by atoms with E-state index in [0.29, 0.717) is 19.6 Å². The average Bonchev–Trinajstić information content (AvgIpc) is 2.84. The summed E-state index contributed by atoms with van der Waals surface area (Å²) < 4.78 is 11.3. The first-order valence-electron chi connectivity index (χ1n) is 7.51. The second-order valence-electron chi connectivity index (χ2n) is 5.51. The van der Waals surface area contributed by atoms with Gasteiger partial charge in [-0.1, -0.05) is 18.6 Å². The van der Waals surface area contributed by atoms with E-state index in [1.807, 2.05) is 31.2 Å². The third kappa shape index (κ3) is 3.47. The van der Waals surface area contributed by atoms with Crippen LogP contribution in [0, 0.1) is 5.92 Å². The molecule has 0 radical (unpaired) electrons. The SMILES string of the molecule is CCOc1ccccc1OCCC1CCCC1(N)C(N)=O. The molecule has 4 N–H and O–H groups in total. The molecule has 116 valence electrons. The Morgan fingerprint density at radius 1 is 1.33 bits per heavy atom. The summed E-state index contributed by atoms with van der Waals surface area (Å²) in [6, 6.07) is 7.57. The van der Waals surface area contributed by atoms with Crippen LogP contribution < -0.4 is 20.9 Å². The van der Waals surface area contributed by atoms with E-state index in [0.717, 1.165) is 30.8 Å². The average molecular weight is 292 g/mol. The summed E-state index contributed by atoms with van der Waals surface area (Å²) in [5, 5.41) is 0. The molecule has 1 fully saturated rings. The number of rotatable bonds is 7. The van der Waals surface area contributed by atoms with Crippen molar-refractivity contribution in [2.75, 3.05) is 13.2 Å². The summed E-state index contributed by atoms with van der Waals surface area (Å²) in [5.41, 5.74) is 10.7. The highest BCUT2D eigenvalue weighted by Gasteiger charge is 2.43. The number of nitrogens with two attached hydrogens (primary N) is 2. The fraction of sp³-hybridized carbons (Fsp3) is 0.562. The first kappa shape index (κ1) is 15.6. The highest BCUT2D eigenvalue weighted by atomic mass is 16.5. The zero-order valence-electron chi connectivity index (χ0n) is 12.5. The molecule has 5 nitrogen and oxygen atoms in total. The standard InChI is InChI=1S/C16H24N2O3/c1-2-20-13-7-3-4-8-14(13)21-11-9-12-6-5-10-16(12,18)15(17)19/h3-4,7-8,12H,2,5-6,9-11,18H2,1H3,(H2,17,19). The second kappa shape index (κ2) is 6.80. The molecule has 1 aliphatic rings. The van der Waals surface area contributed by atoms with Crippen molar-refractivity contribution < 1.29 is 14.3 Å². The number of hydrogen-bond donors (Lipinski definition) is 2. The monoisotopic (exact) mass is 292 g/mol. The molecular formula is C16H24N2O3. The van der Waals surface area contributed by atoms with E-state index in [4.69, 9.17) is 20.9 Å². The van der Waals surface area contributed by atoms with Crippen LogP contribution >= 0.6 is 0 Å². The molecule has 0 aromatic heterocycles. The van der Waals surface area contributed by atoms with E-state index >= 15 is 0 Å². The molecule has 2 unspecified atom stereocenters. The van der Waals surface area contributed by atoms with Gasteiger partial charge in [-0.15, -0.1) is 0 Å². The molecule has 1 amide bonds. The van der Waals surface area contributed by atoms with E-state index in [2.05, 4.69) is 0 Å². The van der Waals surface area contributed by atoms with Crippen LogP contribution in [0.15, 0.2) is 24.3 Å². The van der Waals surface area contributed by atoms with Crippen molar-refractivity contribution in [3.05, 3.63) is 24.3 Å². The second-order valence-corrected chi connectivity index (χ2v) is 5.51. The minimum Gasteiger partial charge on any atom is -0.490 e. The summed E-state index contributed by atoms with van der Waals surface area (Å²) in [6.07, 6.45) is 3.26. The third-order valence-electron chi connectivity index (χ3n) is 4.20. The van der Waals surface area contributed by atoms with Gasteiger partial charge < -0.3 is 20.9 Å². The largest absolute Gasteiger partial charge is 0.490 e. The molecule has 0 heterocycles. The van der Waals surface area contributed by atoms with Gasteiger partial charge in [0.1, 0.15) is 0 Å². The van der Waals surface area contributed by atoms with Crippen molar-refractivity contribution in [1.29, 1.82) is 0 Å². The van der Waals surface area contributed by atoms with Crippen LogP contribution in [0.2, 0.25) is 0 Å². The molecule has 5 heteroatoms. The normalized spacial score (nSPS) is 24.8. The summed E-state index contributed by atoms with van der Waals surface area (Å²) in [4.78, 5) is 11.5. The van der Waals surface area contributed by atoms with Gasteiger partial charge in [0.2, 0.25) is 5.91 Å². The van der Waals surface area contributed by atoms with Gasteiger partial charge in [0.25, 0.3) is 0 Å². The van der Waals surface area contributed by atoms with Gasteiger partial charge in [-0.2, -0.15) is 0 Å². The number of para-hydroxylation sites is 2. The highest BCUT2D eigenvalue weighted by Crippen LogP contribution is 2.36. The molecule has 1 aromatic carbocycles. The van der Waals surface area contributed by atoms with Gasteiger partial charge in [-0.05, 0) is 44.2 Å². The van der Waals surface area contributed by atoms with Crippen molar-refractivity contribution in [1.82, 2.24) is 0 Å². The maximum atomic E-state index is 11.5. The van der Waals surface area contributed by atoms with Gasteiger partial charge >= 0.3 is 0 Å². The minimum atomic E-state index is -0.872. The Hall–Kier alpha value is -1.75. The van der Waals surface area contributed by atoms with Crippen LogP contribution in [0.4, 0.5) is 0 Å². The van der Waals surface area contributed by atoms with Crippen LogP contribution in [0.5, 0.6) is 11.5 Å². The summed E-state index contributed by atoms with van der Waals surface area (Å²) in [5.74, 6) is 1.15. The molecule has 0 spiro atoms. The minimum absolute atomic E-state index is 0.0919. The maximum Gasteiger partial charge on any atom is 0.237 e. The Kier molecular flexibility index (Phi) is 5.07. The summed E-state index contributed by atoms with van der Waals surface area (Å²) >= 11 is 0. The van der Waals surface area contributed by atoms with E-state index in [9.17, 15) is 4.79 Å². The van der Waals surface area contributed by atoms with Crippen LogP contribution in [0.3, 0.4) is 0 Å². The molecular weight excluding hydrogens is 268 g/mol. The fourth-order valence-corrected chi connectivity index (χ4v) is 2.98. The number of carbonyl (C=O) groups excluding carboxylic acids is 1. The smallest absolute Gasteiger partial charge is 0.237 e. The van der Waals surface area contributed by atoms with Crippen molar-refractivity contribution in [3.63, 3.8) is 0 Å². The lowest BCUT2D eigenvalue weighted by Gasteiger charge is -2.28. The Morgan fingerprint density at radius 3 is 2.62 bits per heavy atom. The predicted octanol–water partition coefficient (Wildman–Crippen LogP) is 1.84. The lowest BCUT2D eigenvalue weighted by Crippen LogP contribution is -2.54. The number of amides is 1. The molecule has 1 aliphatic carbocycles. The fourth-order valence-electron chi connectivity index (χ4n) is 2.98. The molecule has 21 heavy (non-hydrogen) atoms. The Balaban J connectivity index is 1.91. The van der Waals surface area contributed by atoms with Gasteiger partial charge in [0.05, 0.1) is 18.8 Å². The number of benzene rings is 1. The number of hydrogen-bond acceptors (Lipinski definition) is 4. The van der Waals surface area contributed by atoms with E-state index in [-0.39, 0.29) is 5.92 Å². The third-order valence-corrected chi connectivity index (χ3v) is 4.20. The highest BCUT2D eigenvalue weighted by molar-refractivity contribution is 5.85. The number of carbonyl (C=O) groups is 1. The van der Waals surface area contributed by atoms with Crippen molar-refractivity contribution in [2.45, 2.75) is 38.1 Å². The number of ether oxygens (including phenoxy) is 2. The summed E-state index contributed by atoms with van der Waals surface area (Å²) in [7, 11) is 0. The first-order valence-corrected chi connectivity index (χ1v) is 7.51. The molecule has 1 saturated carbocycles. The molecule has 0 saturated heterocycles. The zero-order valence-corrected chi connectivity index (χ0v) is 12.5. The molecule has 1 aromatic rings. The number of primary amides is 1. The maximum absolute atomic E-state index is 11.5. The first-order chi connectivity index (χ1) is 10.1. The molecule has 2 atom stereocenters. The van der Waals surface area contributed by atoms with Crippen LogP contribution in [-0.4, -0.2) is 24.7 Å². The van der Waals surface area contributed by atoms with Crippen LogP contribution in [0.1, 0.15) is 32.6 Å². The van der Waals surface area contributed by atoms with Crippen molar-refractivity contribution in [2.24, 2.45) is 17.4 Å². The summed E-state index contributed by atoms with van der Waals surface area (Å²) in [6.45, 7) is 3.03. The van der Waals surface area contributed by atoms with Gasteiger partial charge in [-0.25, -0.2) is 0 Å². The lowest BCUT2D eigenvalue weighted by atomic mass is 9.85. The topological polar surface area (TPSA) is 87.6 Å². The Bertz CT molecular complexity index is 492. The lowest BCUT2D eigenvalue weighted by molar-refractivity contribution is -0.124. The Morgan fingerprint density at radius 2 is 2.00 bits per heavy atom. The quantitative estimate of drug-likeness (QED) is 0.802. The Labute approximate surface area is 125 Å². The van der Waals surface area contributed by atoms with E-state index in [1.54, 1.807) is 0 Å². The van der Waals surface area contributed by atoms with Crippen LogP contribution in [0.25, 0.3) is 0 Å². The van der Waals surface area contributed by atoms with E-state index in [1.165, 1.54) is 0 Å².